The molecule has 1 aromatic carbocycles. The largest absolute Gasteiger partial charge is 0.472 e. The van der Waals surface area contributed by atoms with Crippen molar-refractivity contribution in [1.29, 1.82) is 0 Å². The van der Waals surface area contributed by atoms with Crippen LogP contribution in [0.25, 0.3) is 10.4 Å². The third kappa shape index (κ3) is 4.56. The molecule has 0 atom stereocenters. The van der Waals surface area contributed by atoms with Crippen molar-refractivity contribution in [3.63, 3.8) is 0 Å². The Balaban J connectivity index is 1.49. The summed E-state index contributed by atoms with van der Waals surface area (Å²) < 4.78 is 5.09. The number of nitrogens with one attached hydrogen (secondary N) is 2. The van der Waals surface area contributed by atoms with Gasteiger partial charge in [-0.05, 0) is 43.0 Å². The zero-order valence-electron chi connectivity index (χ0n) is 14.2. The molecule has 0 saturated carbocycles. The minimum atomic E-state index is -0.656. The maximum atomic E-state index is 12.0. The number of carbonyl (C=O) groups excluding carboxylic acids is 2. The summed E-state index contributed by atoms with van der Waals surface area (Å²) in [7, 11) is 0. The maximum absolute atomic E-state index is 12.0. The summed E-state index contributed by atoms with van der Waals surface area (Å²) in [5.41, 5.74) is 1.68. The van der Waals surface area contributed by atoms with Gasteiger partial charge in [-0.25, -0.2) is 0 Å². The number of furan rings is 1. The minimum absolute atomic E-state index is 0.405. The zero-order valence-corrected chi connectivity index (χ0v) is 15.8. The summed E-state index contributed by atoms with van der Waals surface area (Å²) in [5, 5.41) is 5.32. The summed E-state index contributed by atoms with van der Waals surface area (Å²) in [6, 6.07) is 13.3. The standard InChI is InChI=1S/C19H18N2O3S2/c1-25-17-5-3-2-4-15(17)21-19(23)18(22)20-10-8-14-6-7-16(26-14)13-9-11-24-12-13/h2-7,9,11-12H,8,10H2,1H3,(H,20,22)(H,21,23). The highest BCUT2D eigenvalue weighted by atomic mass is 32.2. The highest BCUT2D eigenvalue weighted by Crippen LogP contribution is 2.28. The van der Waals surface area contributed by atoms with Crippen LogP contribution >= 0.6 is 23.1 Å². The topological polar surface area (TPSA) is 71.3 Å². The van der Waals surface area contributed by atoms with Gasteiger partial charge in [0.1, 0.15) is 0 Å². The van der Waals surface area contributed by atoms with Gasteiger partial charge in [0.15, 0.2) is 0 Å². The van der Waals surface area contributed by atoms with Gasteiger partial charge in [0.2, 0.25) is 0 Å². The summed E-state index contributed by atoms with van der Waals surface area (Å²) in [6.45, 7) is 0.405. The fourth-order valence-corrected chi connectivity index (χ4v) is 3.92. The predicted octanol–water partition coefficient (Wildman–Crippen LogP) is 4.03. The first-order valence-corrected chi connectivity index (χ1v) is 10.0. The molecule has 134 valence electrons. The summed E-state index contributed by atoms with van der Waals surface area (Å²) in [5.74, 6) is -1.29. The third-order valence-electron chi connectivity index (χ3n) is 3.69. The zero-order chi connectivity index (χ0) is 18.4. The van der Waals surface area contributed by atoms with E-state index >= 15 is 0 Å². The highest BCUT2D eigenvalue weighted by molar-refractivity contribution is 7.98. The molecule has 0 radical (unpaired) electrons. The SMILES string of the molecule is CSc1ccccc1NC(=O)C(=O)NCCc1ccc(-c2ccoc2)s1. The van der Waals surface area contributed by atoms with E-state index in [0.717, 1.165) is 20.2 Å². The lowest BCUT2D eigenvalue weighted by atomic mass is 10.3. The van der Waals surface area contributed by atoms with E-state index in [-0.39, 0.29) is 0 Å². The lowest BCUT2D eigenvalue weighted by molar-refractivity contribution is -0.136. The number of anilines is 1. The summed E-state index contributed by atoms with van der Waals surface area (Å²) >= 11 is 3.16. The first-order valence-electron chi connectivity index (χ1n) is 8.01. The third-order valence-corrected chi connectivity index (χ3v) is 5.68. The molecule has 0 aliphatic carbocycles. The van der Waals surface area contributed by atoms with E-state index in [0.29, 0.717) is 18.7 Å². The van der Waals surface area contributed by atoms with Crippen LogP contribution in [0.15, 0.2) is 64.3 Å². The molecule has 0 fully saturated rings. The predicted molar refractivity (Wildman–Crippen MR) is 106 cm³/mol. The van der Waals surface area contributed by atoms with Gasteiger partial charge in [0.25, 0.3) is 0 Å². The smallest absolute Gasteiger partial charge is 0.313 e. The van der Waals surface area contributed by atoms with Crippen molar-refractivity contribution in [3.05, 3.63) is 59.9 Å². The van der Waals surface area contributed by atoms with Gasteiger partial charge in [-0.3, -0.25) is 9.59 Å². The van der Waals surface area contributed by atoms with E-state index in [9.17, 15) is 9.59 Å². The van der Waals surface area contributed by atoms with E-state index in [1.807, 2.05) is 42.7 Å². The van der Waals surface area contributed by atoms with Crippen molar-refractivity contribution in [1.82, 2.24) is 5.32 Å². The van der Waals surface area contributed by atoms with E-state index in [4.69, 9.17) is 4.42 Å². The Labute approximate surface area is 159 Å². The first-order chi connectivity index (χ1) is 12.7. The normalized spacial score (nSPS) is 10.5. The van der Waals surface area contributed by atoms with Crippen molar-refractivity contribution in [2.45, 2.75) is 11.3 Å². The molecule has 3 aromatic rings. The van der Waals surface area contributed by atoms with Crippen LogP contribution in [0, 0.1) is 0 Å². The molecule has 2 aromatic heterocycles. The van der Waals surface area contributed by atoms with Crippen molar-refractivity contribution in [2.75, 3.05) is 18.1 Å². The lowest BCUT2D eigenvalue weighted by Crippen LogP contribution is -2.36. The Bertz CT molecular complexity index is 888. The second-order valence-corrected chi connectivity index (χ2v) is 7.45. The van der Waals surface area contributed by atoms with E-state index in [1.54, 1.807) is 29.9 Å². The average molecular weight is 386 g/mol. The lowest BCUT2D eigenvalue weighted by Gasteiger charge is -2.09. The molecular formula is C19H18N2O3S2. The summed E-state index contributed by atoms with van der Waals surface area (Å²) in [6.07, 6.45) is 5.93. The van der Waals surface area contributed by atoms with Crippen LogP contribution in [0.2, 0.25) is 0 Å². The Morgan fingerprint density at radius 2 is 1.96 bits per heavy atom. The number of carbonyl (C=O) groups is 2. The Morgan fingerprint density at radius 3 is 2.73 bits per heavy atom. The first kappa shape index (κ1) is 18.3. The molecule has 26 heavy (non-hydrogen) atoms. The molecule has 0 aliphatic rings. The molecule has 2 heterocycles. The van der Waals surface area contributed by atoms with Crippen molar-refractivity contribution in [2.24, 2.45) is 0 Å². The molecule has 3 rings (SSSR count). The number of rotatable bonds is 6. The molecule has 0 bridgehead atoms. The van der Waals surface area contributed by atoms with Crippen LogP contribution in [0.3, 0.4) is 0 Å². The highest BCUT2D eigenvalue weighted by Gasteiger charge is 2.15. The van der Waals surface area contributed by atoms with Crippen molar-refractivity contribution >= 4 is 40.6 Å². The van der Waals surface area contributed by atoms with Crippen LogP contribution < -0.4 is 10.6 Å². The fourth-order valence-electron chi connectivity index (χ4n) is 2.38. The molecule has 0 aliphatic heterocycles. The van der Waals surface area contributed by atoms with Crippen molar-refractivity contribution in [3.8, 4) is 10.4 Å². The Morgan fingerprint density at radius 1 is 1.12 bits per heavy atom. The van der Waals surface area contributed by atoms with Gasteiger partial charge in [-0.15, -0.1) is 23.1 Å². The number of hydrogen-bond donors (Lipinski definition) is 2. The van der Waals surface area contributed by atoms with Gasteiger partial charge < -0.3 is 15.1 Å². The van der Waals surface area contributed by atoms with Crippen molar-refractivity contribution < 1.29 is 14.0 Å². The Hall–Kier alpha value is -2.51. The van der Waals surface area contributed by atoms with Gasteiger partial charge in [-0.1, -0.05) is 12.1 Å². The Kier molecular flexibility index (Phi) is 6.14. The fraction of sp³-hybridized carbons (Fsp3) is 0.158. The molecule has 0 unspecified atom stereocenters. The molecule has 2 N–H and O–H groups in total. The number of benzene rings is 1. The number of thiophene rings is 1. The second kappa shape index (κ2) is 8.73. The average Bonchev–Trinajstić information content (AvgIpc) is 3.33. The number of hydrogen-bond acceptors (Lipinski definition) is 5. The monoisotopic (exact) mass is 386 g/mol. The number of para-hydroxylation sites is 1. The molecule has 7 heteroatoms. The van der Waals surface area contributed by atoms with E-state index < -0.39 is 11.8 Å². The van der Waals surface area contributed by atoms with Gasteiger partial charge >= 0.3 is 11.8 Å². The van der Waals surface area contributed by atoms with E-state index in [1.165, 1.54) is 11.8 Å². The van der Waals surface area contributed by atoms with Crippen LogP contribution in [-0.2, 0) is 16.0 Å². The van der Waals surface area contributed by atoms with E-state index in [2.05, 4.69) is 10.6 Å². The second-order valence-electron chi connectivity index (χ2n) is 5.44. The van der Waals surface area contributed by atoms with Gasteiger partial charge in [0.05, 0.1) is 18.2 Å². The van der Waals surface area contributed by atoms with Crippen LogP contribution in [0.5, 0.6) is 0 Å². The molecular weight excluding hydrogens is 368 g/mol. The number of amides is 2. The molecule has 0 saturated heterocycles. The van der Waals surface area contributed by atoms with Crippen LogP contribution in [0.4, 0.5) is 5.69 Å². The molecule has 0 spiro atoms. The minimum Gasteiger partial charge on any atom is -0.472 e. The summed E-state index contributed by atoms with van der Waals surface area (Å²) in [4.78, 5) is 27.2. The quantitative estimate of drug-likeness (QED) is 0.496. The molecule has 5 nitrogen and oxygen atoms in total. The van der Waals surface area contributed by atoms with Crippen LogP contribution in [-0.4, -0.2) is 24.6 Å². The number of thioether (sulfide) groups is 1. The molecule has 2 amide bonds. The maximum Gasteiger partial charge on any atom is 0.313 e. The van der Waals surface area contributed by atoms with Crippen LogP contribution in [0.1, 0.15) is 4.88 Å². The van der Waals surface area contributed by atoms with Gasteiger partial charge in [0, 0.05) is 26.8 Å². The van der Waals surface area contributed by atoms with Gasteiger partial charge in [-0.2, -0.15) is 0 Å².